The summed E-state index contributed by atoms with van der Waals surface area (Å²) in [6.45, 7) is 8.67. The van der Waals surface area contributed by atoms with Crippen molar-refractivity contribution in [2.24, 2.45) is 22.5 Å². The Morgan fingerprint density at radius 2 is 1.92 bits per heavy atom. The first-order valence-electron chi connectivity index (χ1n) is 8.50. The van der Waals surface area contributed by atoms with Gasteiger partial charge in [-0.05, 0) is 49.5 Å². The minimum Gasteiger partial charge on any atom is -0.365 e. The summed E-state index contributed by atoms with van der Waals surface area (Å²) < 4.78 is -0.363. The average molecular weight is 492 g/mol. The summed E-state index contributed by atoms with van der Waals surface area (Å²) in [5.41, 5.74) is 6.91. The summed E-state index contributed by atoms with van der Waals surface area (Å²) in [5.74, 6) is 0.0308. The highest BCUT2D eigenvalue weighted by molar-refractivity contribution is 9.25. The van der Waals surface area contributed by atoms with Crippen molar-refractivity contribution in [1.82, 2.24) is 0 Å². The van der Waals surface area contributed by atoms with E-state index in [2.05, 4.69) is 57.9 Å². The number of hydrogen-bond acceptors (Lipinski definition) is 3. The van der Waals surface area contributed by atoms with Gasteiger partial charge < -0.3 is 11.1 Å². The summed E-state index contributed by atoms with van der Waals surface area (Å²) >= 11 is 8.57. The Morgan fingerprint density at radius 3 is 2.40 bits per heavy atom. The number of fused-ring (bicyclic) bond motifs is 1. The molecule has 3 rings (SSSR count). The van der Waals surface area contributed by atoms with Crippen LogP contribution >= 0.6 is 43.2 Å². The van der Waals surface area contributed by atoms with E-state index < -0.39 is 11.3 Å². The lowest BCUT2D eigenvalue weighted by Gasteiger charge is -2.33. The van der Waals surface area contributed by atoms with Crippen LogP contribution < -0.4 is 11.1 Å². The molecule has 2 aliphatic rings. The minimum absolute atomic E-state index is 0.0882. The van der Waals surface area contributed by atoms with E-state index in [1.807, 2.05) is 6.92 Å². The second kappa shape index (κ2) is 6.06. The van der Waals surface area contributed by atoms with E-state index in [0.717, 1.165) is 24.8 Å². The van der Waals surface area contributed by atoms with E-state index in [1.165, 1.54) is 16.2 Å². The van der Waals surface area contributed by atoms with Gasteiger partial charge in [0.25, 0.3) is 5.91 Å². The van der Waals surface area contributed by atoms with E-state index in [0.29, 0.717) is 22.9 Å². The number of nitrogens with two attached hydrogens (primary N) is 1. The number of nitrogens with one attached hydrogen (secondary N) is 1. The first-order valence-corrected chi connectivity index (χ1v) is 10.9. The lowest BCUT2D eigenvalue weighted by molar-refractivity contribution is -0.120. The summed E-state index contributed by atoms with van der Waals surface area (Å²) in [5, 5.41) is 3.59. The maximum Gasteiger partial charge on any atom is 0.251 e. The quantitative estimate of drug-likeness (QED) is 0.594. The van der Waals surface area contributed by atoms with Crippen molar-refractivity contribution in [3.05, 3.63) is 16.0 Å². The molecule has 2 aliphatic carbocycles. The van der Waals surface area contributed by atoms with Gasteiger partial charge in [0, 0.05) is 4.88 Å². The normalized spacial score (nSPS) is 27.5. The molecule has 0 spiro atoms. The van der Waals surface area contributed by atoms with Crippen LogP contribution in [0.4, 0.5) is 5.00 Å². The maximum absolute atomic E-state index is 12.7. The van der Waals surface area contributed by atoms with Crippen molar-refractivity contribution in [2.45, 2.75) is 56.6 Å². The lowest BCUT2D eigenvalue weighted by atomic mass is 9.72. The molecule has 3 N–H and O–H groups in total. The van der Waals surface area contributed by atoms with Gasteiger partial charge in [0.05, 0.1) is 14.2 Å². The third-order valence-corrected chi connectivity index (χ3v) is 9.20. The van der Waals surface area contributed by atoms with Crippen LogP contribution in [0, 0.1) is 16.7 Å². The third kappa shape index (κ3) is 3.32. The second-order valence-corrected chi connectivity index (χ2v) is 13.4. The molecule has 2 amide bonds. The molecule has 0 aliphatic heterocycles. The molecule has 1 aromatic heterocycles. The molecule has 138 valence electrons. The number of primary amides is 1. The van der Waals surface area contributed by atoms with Gasteiger partial charge in [0.15, 0.2) is 0 Å². The number of anilines is 1. The van der Waals surface area contributed by atoms with Crippen molar-refractivity contribution >= 4 is 60.0 Å². The Bertz CT molecular complexity index is 751. The van der Waals surface area contributed by atoms with Gasteiger partial charge in [-0.2, -0.15) is 0 Å². The van der Waals surface area contributed by atoms with Crippen LogP contribution in [0.1, 0.15) is 61.3 Å². The van der Waals surface area contributed by atoms with Crippen molar-refractivity contribution in [1.29, 1.82) is 0 Å². The number of halogens is 2. The molecule has 0 aromatic carbocycles. The highest BCUT2D eigenvalue weighted by Crippen LogP contribution is 2.66. The summed E-state index contributed by atoms with van der Waals surface area (Å²) in [6.07, 6.45) is 3.54. The number of rotatable bonds is 3. The molecule has 0 unspecified atom stereocenters. The Kier molecular flexibility index (Phi) is 4.69. The van der Waals surface area contributed by atoms with Crippen LogP contribution in [0.15, 0.2) is 0 Å². The molecule has 4 nitrogen and oxygen atoms in total. The highest BCUT2D eigenvalue weighted by Gasteiger charge is 2.66. The largest absolute Gasteiger partial charge is 0.365 e. The molecule has 7 heteroatoms. The Hall–Kier alpha value is -0.400. The zero-order valence-electron chi connectivity index (χ0n) is 15.0. The number of carbonyl (C=O) groups is 2. The molecule has 2 atom stereocenters. The van der Waals surface area contributed by atoms with Crippen molar-refractivity contribution in [2.75, 3.05) is 5.32 Å². The van der Waals surface area contributed by atoms with Gasteiger partial charge in [-0.3, -0.25) is 9.59 Å². The highest BCUT2D eigenvalue weighted by atomic mass is 79.9. The molecule has 1 fully saturated rings. The molecule has 25 heavy (non-hydrogen) atoms. The fourth-order valence-corrected chi connectivity index (χ4v) is 6.37. The van der Waals surface area contributed by atoms with Crippen LogP contribution in [0.2, 0.25) is 0 Å². The van der Waals surface area contributed by atoms with Crippen LogP contribution in [-0.2, 0) is 17.6 Å². The minimum atomic E-state index is -0.527. The first kappa shape index (κ1) is 19.4. The Balaban J connectivity index is 1.90. The van der Waals surface area contributed by atoms with Crippen LogP contribution in [0.25, 0.3) is 0 Å². The zero-order chi connectivity index (χ0) is 18.8. The van der Waals surface area contributed by atoms with Gasteiger partial charge >= 0.3 is 0 Å². The average Bonchev–Trinajstić information content (AvgIpc) is 2.84. The van der Waals surface area contributed by atoms with Gasteiger partial charge in [-0.25, -0.2) is 0 Å². The van der Waals surface area contributed by atoms with Gasteiger partial charge in [0.1, 0.15) is 5.00 Å². The van der Waals surface area contributed by atoms with Crippen LogP contribution in [-0.4, -0.2) is 15.0 Å². The summed E-state index contributed by atoms with van der Waals surface area (Å²) in [7, 11) is 0. The lowest BCUT2D eigenvalue weighted by Crippen LogP contribution is -2.28. The predicted molar refractivity (Wildman–Crippen MR) is 110 cm³/mol. The van der Waals surface area contributed by atoms with E-state index in [1.54, 1.807) is 0 Å². The smallest absolute Gasteiger partial charge is 0.251 e. The predicted octanol–water partition coefficient (Wildman–Crippen LogP) is 4.83. The molecule has 0 bridgehead atoms. The molecule has 0 saturated heterocycles. The van der Waals surface area contributed by atoms with Crippen molar-refractivity contribution in [3.8, 4) is 0 Å². The van der Waals surface area contributed by atoms with Crippen molar-refractivity contribution in [3.63, 3.8) is 0 Å². The summed E-state index contributed by atoms with van der Waals surface area (Å²) in [4.78, 5) is 26.0. The van der Waals surface area contributed by atoms with Crippen LogP contribution in [0.3, 0.4) is 0 Å². The first-order chi connectivity index (χ1) is 11.4. The summed E-state index contributed by atoms with van der Waals surface area (Å²) in [6, 6.07) is 0. The van der Waals surface area contributed by atoms with E-state index in [4.69, 9.17) is 5.73 Å². The molecule has 1 saturated carbocycles. The van der Waals surface area contributed by atoms with E-state index >= 15 is 0 Å². The van der Waals surface area contributed by atoms with Gasteiger partial charge in [-0.1, -0.05) is 52.6 Å². The topological polar surface area (TPSA) is 72.2 Å². The Morgan fingerprint density at radius 1 is 1.32 bits per heavy atom. The van der Waals surface area contributed by atoms with E-state index in [9.17, 15) is 9.59 Å². The molecular formula is C18H24Br2N2O2S. The van der Waals surface area contributed by atoms with E-state index in [-0.39, 0.29) is 14.6 Å². The number of carbonyl (C=O) groups excluding carboxylic acids is 2. The second-order valence-electron chi connectivity index (χ2n) is 8.55. The van der Waals surface area contributed by atoms with Crippen LogP contribution in [0.5, 0.6) is 0 Å². The SMILES string of the molecule is CC(C)(C)[C@H]1CCc2c(sc(NC(=O)[C@@]3(C)CC3(Br)Br)c2C(N)=O)C1. The number of thiophene rings is 1. The monoisotopic (exact) mass is 490 g/mol. The fourth-order valence-electron chi connectivity index (χ4n) is 3.56. The number of alkyl halides is 2. The maximum atomic E-state index is 12.7. The van der Waals surface area contributed by atoms with Gasteiger partial charge in [0.2, 0.25) is 5.91 Å². The fraction of sp³-hybridized carbons (Fsp3) is 0.667. The Labute approximate surface area is 169 Å². The molecule has 1 heterocycles. The zero-order valence-corrected chi connectivity index (χ0v) is 19.0. The molecule has 1 aromatic rings. The molecular weight excluding hydrogens is 468 g/mol. The number of amides is 2. The number of hydrogen-bond donors (Lipinski definition) is 2. The van der Waals surface area contributed by atoms with Gasteiger partial charge in [-0.15, -0.1) is 11.3 Å². The third-order valence-electron chi connectivity index (χ3n) is 5.72. The van der Waals surface area contributed by atoms with Crippen molar-refractivity contribution < 1.29 is 9.59 Å². The molecule has 0 radical (unpaired) electrons. The standard InChI is InChI=1S/C18H24Br2N2O2S/c1-16(2,3)9-5-6-10-11(7-9)25-14(12(10)13(21)23)22-15(24)17(4)8-18(17,19)20/h9H,5-8H2,1-4H3,(H2,21,23)(H,22,24)/t9-,17+/m0/s1.